The summed E-state index contributed by atoms with van der Waals surface area (Å²) in [6.07, 6.45) is 1.06. The summed E-state index contributed by atoms with van der Waals surface area (Å²) >= 11 is 1.80. The van der Waals surface area contributed by atoms with Gasteiger partial charge < -0.3 is 10.3 Å². The number of nitrogens with zero attached hydrogens (tertiary/aromatic N) is 1. The summed E-state index contributed by atoms with van der Waals surface area (Å²) in [6, 6.07) is 8.81. The first-order valence-electron chi connectivity index (χ1n) is 6.21. The van der Waals surface area contributed by atoms with Gasteiger partial charge in [-0.1, -0.05) is 6.92 Å². The summed E-state index contributed by atoms with van der Waals surface area (Å²) in [7, 11) is 0. The van der Waals surface area contributed by atoms with Gasteiger partial charge in [0.05, 0.1) is 17.6 Å². The number of aromatic nitrogens is 2. The summed E-state index contributed by atoms with van der Waals surface area (Å²) in [4.78, 5) is 10.1. The van der Waals surface area contributed by atoms with E-state index in [9.17, 15) is 4.39 Å². The van der Waals surface area contributed by atoms with Crippen LogP contribution in [0.1, 0.15) is 16.7 Å². The first-order chi connectivity index (χ1) is 9.24. The summed E-state index contributed by atoms with van der Waals surface area (Å²) in [6.45, 7) is 2.88. The van der Waals surface area contributed by atoms with Crippen molar-refractivity contribution in [3.05, 3.63) is 45.9 Å². The molecule has 19 heavy (non-hydrogen) atoms. The predicted molar refractivity (Wildman–Crippen MR) is 77.1 cm³/mol. The number of hydrogen-bond donors (Lipinski definition) is 2. The maximum absolute atomic E-state index is 13.1. The van der Waals surface area contributed by atoms with Crippen LogP contribution in [-0.2, 0) is 13.0 Å². The van der Waals surface area contributed by atoms with Crippen molar-refractivity contribution in [3.63, 3.8) is 0 Å². The van der Waals surface area contributed by atoms with E-state index in [1.165, 1.54) is 21.9 Å². The normalized spacial score (nSPS) is 11.1. The quantitative estimate of drug-likeness (QED) is 0.757. The molecule has 2 heterocycles. The molecule has 0 spiro atoms. The highest BCUT2D eigenvalue weighted by Crippen LogP contribution is 2.19. The lowest BCUT2D eigenvalue weighted by atomic mass is 10.3. The van der Waals surface area contributed by atoms with Crippen LogP contribution in [0.2, 0.25) is 0 Å². The van der Waals surface area contributed by atoms with Crippen molar-refractivity contribution in [1.82, 2.24) is 9.97 Å². The highest BCUT2D eigenvalue weighted by atomic mass is 32.1. The molecule has 5 heteroatoms. The van der Waals surface area contributed by atoms with E-state index in [4.69, 9.17) is 0 Å². The number of fused-ring (bicyclic) bond motifs is 1. The molecule has 0 aliphatic carbocycles. The van der Waals surface area contributed by atoms with Crippen LogP contribution in [0.3, 0.4) is 0 Å². The van der Waals surface area contributed by atoms with Crippen molar-refractivity contribution in [2.24, 2.45) is 0 Å². The molecule has 3 rings (SSSR count). The highest BCUT2D eigenvalue weighted by Gasteiger charge is 2.04. The van der Waals surface area contributed by atoms with E-state index in [0.29, 0.717) is 11.5 Å². The Hall–Kier alpha value is -1.88. The van der Waals surface area contributed by atoms with Crippen molar-refractivity contribution in [1.29, 1.82) is 0 Å². The molecule has 0 aliphatic rings. The van der Waals surface area contributed by atoms with Crippen molar-refractivity contribution < 1.29 is 4.39 Å². The van der Waals surface area contributed by atoms with Gasteiger partial charge in [0.1, 0.15) is 5.82 Å². The Labute approximate surface area is 114 Å². The molecule has 0 saturated carbocycles. The molecule has 0 saturated heterocycles. The number of rotatable bonds is 4. The van der Waals surface area contributed by atoms with Gasteiger partial charge in [0.15, 0.2) is 0 Å². The fraction of sp³-hybridized carbons (Fsp3) is 0.214. The number of imidazole rings is 1. The topological polar surface area (TPSA) is 40.7 Å². The number of anilines is 1. The van der Waals surface area contributed by atoms with Crippen molar-refractivity contribution >= 4 is 28.3 Å². The van der Waals surface area contributed by atoms with E-state index in [1.54, 1.807) is 17.4 Å². The number of aromatic amines is 1. The van der Waals surface area contributed by atoms with Gasteiger partial charge in [0, 0.05) is 9.75 Å². The minimum atomic E-state index is -0.256. The zero-order chi connectivity index (χ0) is 13.2. The molecule has 0 fully saturated rings. The number of benzene rings is 1. The second kappa shape index (κ2) is 5.01. The maximum Gasteiger partial charge on any atom is 0.201 e. The Balaban J connectivity index is 1.74. The van der Waals surface area contributed by atoms with Gasteiger partial charge in [0.2, 0.25) is 5.95 Å². The summed E-state index contributed by atoms with van der Waals surface area (Å²) in [5, 5.41) is 3.23. The molecular formula is C14H14FN3S. The molecule has 0 unspecified atom stereocenters. The molecule has 1 aromatic carbocycles. The van der Waals surface area contributed by atoms with Crippen molar-refractivity contribution in [2.45, 2.75) is 19.9 Å². The van der Waals surface area contributed by atoms with Crippen LogP contribution in [0.5, 0.6) is 0 Å². The fourth-order valence-electron chi connectivity index (χ4n) is 1.94. The van der Waals surface area contributed by atoms with Crippen LogP contribution in [0, 0.1) is 5.82 Å². The van der Waals surface area contributed by atoms with Crippen LogP contribution < -0.4 is 5.32 Å². The van der Waals surface area contributed by atoms with E-state index >= 15 is 0 Å². The maximum atomic E-state index is 13.1. The van der Waals surface area contributed by atoms with E-state index < -0.39 is 0 Å². The molecule has 0 atom stereocenters. The lowest BCUT2D eigenvalue weighted by molar-refractivity contribution is 0.629. The van der Waals surface area contributed by atoms with Gasteiger partial charge in [-0.05, 0) is 36.8 Å². The third-order valence-electron chi connectivity index (χ3n) is 2.94. The first kappa shape index (κ1) is 12.2. The Kier molecular flexibility index (Phi) is 3.21. The molecule has 2 N–H and O–H groups in total. The van der Waals surface area contributed by atoms with Crippen LogP contribution >= 0.6 is 11.3 Å². The average Bonchev–Trinajstić information content (AvgIpc) is 3.01. The zero-order valence-corrected chi connectivity index (χ0v) is 11.4. The second-order valence-electron chi connectivity index (χ2n) is 4.32. The van der Waals surface area contributed by atoms with Gasteiger partial charge in [-0.15, -0.1) is 11.3 Å². The van der Waals surface area contributed by atoms with Gasteiger partial charge in [0.25, 0.3) is 0 Å². The van der Waals surface area contributed by atoms with Crippen LogP contribution in [0.25, 0.3) is 11.0 Å². The minimum Gasteiger partial charge on any atom is -0.351 e. The molecular weight excluding hydrogens is 261 g/mol. The Morgan fingerprint density at radius 3 is 2.89 bits per heavy atom. The van der Waals surface area contributed by atoms with Crippen molar-refractivity contribution in [3.8, 4) is 0 Å². The summed E-state index contributed by atoms with van der Waals surface area (Å²) < 4.78 is 13.1. The third-order valence-corrected chi connectivity index (χ3v) is 4.17. The number of H-pyrrole nitrogens is 1. The molecule has 3 aromatic rings. The van der Waals surface area contributed by atoms with Gasteiger partial charge in [-0.25, -0.2) is 9.37 Å². The minimum absolute atomic E-state index is 0.256. The zero-order valence-electron chi connectivity index (χ0n) is 10.5. The molecule has 3 nitrogen and oxygen atoms in total. The largest absolute Gasteiger partial charge is 0.351 e. The Morgan fingerprint density at radius 1 is 1.26 bits per heavy atom. The average molecular weight is 275 g/mol. The SMILES string of the molecule is CCc1ccc(CNc2nc3ccc(F)cc3[nH]2)s1. The lowest BCUT2D eigenvalue weighted by Crippen LogP contribution is -1.98. The molecule has 0 amide bonds. The molecule has 0 aliphatic heterocycles. The van der Waals surface area contributed by atoms with Crippen molar-refractivity contribution in [2.75, 3.05) is 5.32 Å². The molecule has 98 valence electrons. The van der Waals surface area contributed by atoms with Crippen LogP contribution in [-0.4, -0.2) is 9.97 Å². The summed E-state index contributed by atoms with van der Waals surface area (Å²) in [5.41, 5.74) is 1.48. The molecule has 0 bridgehead atoms. The standard InChI is InChI=1S/C14H14FN3S/c1-2-10-4-5-11(19-10)8-16-14-17-12-6-3-9(15)7-13(12)18-14/h3-7H,2,8H2,1H3,(H2,16,17,18). The van der Waals surface area contributed by atoms with E-state index in [1.807, 2.05) is 0 Å². The molecule has 0 radical (unpaired) electrons. The highest BCUT2D eigenvalue weighted by molar-refractivity contribution is 7.12. The van der Waals surface area contributed by atoms with Gasteiger partial charge in [-0.2, -0.15) is 0 Å². The Morgan fingerprint density at radius 2 is 2.11 bits per heavy atom. The third kappa shape index (κ3) is 2.61. The number of halogens is 1. The van der Waals surface area contributed by atoms with Gasteiger partial charge >= 0.3 is 0 Å². The monoisotopic (exact) mass is 275 g/mol. The van der Waals surface area contributed by atoms with E-state index in [-0.39, 0.29) is 5.82 Å². The Bertz CT molecular complexity index is 702. The fourth-order valence-corrected chi connectivity index (χ4v) is 2.84. The van der Waals surface area contributed by atoms with Crippen LogP contribution in [0.4, 0.5) is 10.3 Å². The first-order valence-corrected chi connectivity index (χ1v) is 7.03. The smallest absolute Gasteiger partial charge is 0.201 e. The number of thiophene rings is 1. The summed E-state index contributed by atoms with van der Waals surface area (Å²) in [5.74, 6) is 0.417. The van der Waals surface area contributed by atoms with Gasteiger partial charge in [-0.3, -0.25) is 0 Å². The second-order valence-corrected chi connectivity index (χ2v) is 5.57. The lowest BCUT2D eigenvalue weighted by Gasteiger charge is -1.99. The number of hydrogen-bond acceptors (Lipinski definition) is 3. The van der Waals surface area contributed by atoms with E-state index in [2.05, 4.69) is 34.3 Å². The number of nitrogens with one attached hydrogen (secondary N) is 2. The number of aryl methyl sites for hydroxylation is 1. The van der Waals surface area contributed by atoms with E-state index in [0.717, 1.165) is 18.5 Å². The van der Waals surface area contributed by atoms with Crippen LogP contribution in [0.15, 0.2) is 30.3 Å². The predicted octanol–water partition coefficient (Wildman–Crippen LogP) is 3.94. The molecule has 2 aromatic heterocycles.